The van der Waals surface area contributed by atoms with Crippen LogP contribution < -0.4 is 4.74 Å². The average molecular weight is 180 g/mol. The second kappa shape index (κ2) is 3.06. The van der Waals surface area contributed by atoms with E-state index < -0.39 is 5.97 Å². The van der Waals surface area contributed by atoms with Crippen LogP contribution >= 0.6 is 0 Å². The molecule has 0 saturated carbocycles. The number of carbonyl (C=O) groups is 1. The van der Waals surface area contributed by atoms with Crippen molar-refractivity contribution in [1.29, 1.82) is 0 Å². The standard InChI is InChI=1S/C9H8O4/c10-9(11)6-1-2-7-4-12-5-13-8(7)3-6/h1-3H,4-5H2,(H,10,11). The minimum absolute atomic E-state index is 0.191. The highest BCUT2D eigenvalue weighted by Crippen LogP contribution is 2.24. The number of fused-ring (bicyclic) bond motifs is 1. The molecule has 0 radical (unpaired) electrons. The van der Waals surface area contributed by atoms with E-state index in [-0.39, 0.29) is 12.4 Å². The van der Waals surface area contributed by atoms with Crippen LogP contribution in [0.2, 0.25) is 0 Å². The molecule has 0 amide bonds. The van der Waals surface area contributed by atoms with Crippen molar-refractivity contribution < 1.29 is 19.4 Å². The summed E-state index contributed by atoms with van der Waals surface area (Å²) in [6, 6.07) is 4.76. The van der Waals surface area contributed by atoms with Gasteiger partial charge in [-0.2, -0.15) is 0 Å². The zero-order chi connectivity index (χ0) is 9.26. The van der Waals surface area contributed by atoms with E-state index in [0.717, 1.165) is 5.56 Å². The quantitative estimate of drug-likeness (QED) is 0.706. The maximum atomic E-state index is 10.6. The summed E-state index contributed by atoms with van der Waals surface area (Å²) in [7, 11) is 0. The molecule has 4 heteroatoms. The summed E-state index contributed by atoms with van der Waals surface area (Å²) in [4.78, 5) is 10.6. The Hall–Kier alpha value is -1.55. The zero-order valence-electron chi connectivity index (χ0n) is 6.82. The van der Waals surface area contributed by atoms with Crippen molar-refractivity contribution in [2.75, 3.05) is 6.79 Å². The Balaban J connectivity index is 2.40. The zero-order valence-corrected chi connectivity index (χ0v) is 6.82. The van der Waals surface area contributed by atoms with Gasteiger partial charge in [0.05, 0.1) is 12.2 Å². The summed E-state index contributed by atoms with van der Waals surface area (Å²) in [6.45, 7) is 0.672. The minimum Gasteiger partial charge on any atom is -0.478 e. The first-order chi connectivity index (χ1) is 6.27. The second-order valence-electron chi connectivity index (χ2n) is 2.74. The first-order valence-corrected chi connectivity index (χ1v) is 3.84. The van der Waals surface area contributed by atoms with E-state index in [1.165, 1.54) is 6.07 Å². The number of hydrogen-bond acceptors (Lipinski definition) is 3. The van der Waals surface area contributed by atoms with Crippen molar-refractivity contribution >= 4 is 5.97 Å². The van der Waals surface area contributed by atoms with Gasteiger partial charge in [0.15, 0.2) is 6.79 Å². The summed E-state index contributed by atoms with van der Waals surface area (Å²) in [5, 5.41) is 8.70. The SMILES string of the molecule is O=C(O)c1ccc2c(c1)OCOC2. The molecule has 68 valence electrons. The van der Waals surface area contributed by atoms with Crippen LogP contribution in [0.25, 0.3) is 0 Å². The number of hydrogen-bond donors (Lipinski definition) is 1. The van der Waals surface area contributed by atoms with Crippen molar-refractivity contribution in [1.82, 2.24) is 0 Å². The molecule has 1 aliphatic rings. The van der Waals surface area contributed by atoms with E-state index in [0.29, 0.717) is 12.4 Å². The third-order valence-corrected chi connectivity index (χ3v) is 1.87. The Morgan fingerprint density at radius 1 is 1.46 bits per heavy atom. The molecule has 0 aliphatic carbocycles. The molecule has 1 aromatic carbocycles. The van der Waals surface area contributed by atoms with Gasteiger partial charge in [0.2, 0.25) is 0 Å². The number of aromatic carboxylic acids is 1. The summed E-state index contributed by atoms with van der Waals surface area (Å²) in [6.07, 6.45) is 0. The molecule has 0 atom stereocenters. The Morgan fingerprint density at radius 2 is 2.31 bits per heavy atom. The molecule has 0 aromatic heterocycles. The lowest BCUT2D eigenvalue weighted by Crippen LogP contribution is -2.12. The predicted octanol–water partition coefficient (Wildman–Crippen LogP) is 1.25. The van der Waals surface area contributed by atoms with Crippen LogP contribution in [0.4, 0.5) is 0 Å². The monoisotopic (exact) mass is 180 g/mol. The van der Waals surface area contributed by atoms with Crippen molar-refractivity contribution in [3.8, 4) is 5.75 Å². The highest BCUT2D eigenvalue weighted by Gasteiger charge is 2.12. The van der Waals surface area contributed by atoms with E-state index in [4.69, 9.17) is 14.6 Å². The fourth-order valence-corrected chi connectivity index (χ4v) is 1.20. The van der Waals surface area contributed by atoms with E-state index in [2.05, 4.69) is 0 Å². The minimum atomic E-state index is -0.946. The maximum absolute atomic E-state index is 10.6. The molecule has 13 heavy (non-hydrogen) atoms. The molecule has 0 spiro atoms. The normalized spacial score (nSPS) is 14.5. The van der Waals surface area contributed by atoms with Gasteiger partial charge in [-0.15, -0.1) is 0 Å². The van der Waals surface area contributed by atoms with Crippen LogP contribution in [-0.2, 0) is 11.3 Å². The molecular formula is C9H8O4. The first kappa shape index (κ1) is 8.07. The summed E-state index contributed by atoms with van der Waals surface area (Å²) in [5.41, 5.74) is 1.12. The van der Waals surface area contributed by atoms with Gasteiger partial charge in [0.25, 0.3) is 0 Å². The Labute approximate surface area is 74.7 Å². The van der Waals surface area contributed by atoms with Gasteiger partial charge in [0, 0.05) is 5.56 Å². The van der Waals surface area contributed by atoms with Crippen molar-refractivity contribution in [3.63, 3.8) is 0 Å². The van der Waals surface area contributed by atoms with Crippen LogP contribution in [0.3, 0.4) is 0 Å². The predicted molar refractivity (Wildman–Crippen MR) is 43.7 cm³/mol. The third kappa shape index (κ3) is 1.48. The molecule has 0 bridgehead atoms. The smallest absolute Gasteiger partial charge is 0.335 e. The first-order valence-electron chi connectivity index (χ1n) is 3.84. The van der Waals surface area contributed by atoms with Crippen LogP contribution in [-0.4, -0.2) is 17.9 Å². The summed E-state index contributed by atoms with van der Waals surface area (Å²) < 4.78 is 10.2. The topological polar surface area (TPSA) is 55.8 Å². The van der Waals surface area contributed by atoms with E-state index in [1.807, 2.05) is 0 Å². The van der Waals surface area contributed by atoms with Gasteiger partial charge in [0.1, 0.15) is 5.75 Å². The molecule has 0 fully saturated rings. The van der Waals surface area contributed by atoms with Crippen LogP contribution in [0.1, 0.15) is 15.9 Å². The van der Waals surface area contributed by atoms with E-state index >= 15 is 0 Å². The lowest BCUT2D eigenvalue weighted by atomic mass is 10.1. The number of benzene rings is 1. The van der Waals surface area contributed by atoms with Crippen LogP contribution in [0.5, 0.6) is 5.75 Å². The highest BCUT2D eigenvalue weighted by molar-refractivity contribution is 5.88. The Kier molecular flexibility index (Phi) is 1.90. The number of rotatable bonds is 1. The molecular weight excluding hydrogens is 172 g/mol. The lowest BCUT2D eigenvalue weighted by Gasteiger charge is -2.17. The maximum Gasteiger partial charge on any atom is 0.335 e. The summed E-state index contributed by atoms with van der Waals surface area (Å²) in [5.74, 6) is -0.343. The molecule has 1 aliphatic heterocycles. The Morgan fingerprint density at radius 3 is 3.08 bits per heavy atom. The molecule has 1 heterocycles. The highest BCUT2D eigenvalue weighted by atomic mass is 16.7. The van der Waals surface area contributed by atoms with Gasteiger partial charge in [-0.3, -0.25) is 0 Å². The summed E-state index contributed by atoms with van der Waals surface area (Å²) >= 11 is 0. The van der Waals surface area contributed by atoms with Gasteiger partial charge >= 0.3 is 5.97 Å². The van der Waals surface area contributed by atoms with Gasteiger partial charge in [-0.1, -0.05) is 6.07 Å². The van der Waals surface area contributed by atoms with Gasteiger partial charge in [-0.25, -0.2) is 4.79 Å². The lowest BCUT2D eigenvalue weighted by molar-refractivity contribution is -0.0164. The molecule has 0 saturated heterocycles. The Bertz CT molecular complexity index is 345. The fraction of sp³-hybridized carbons (Fsp3) is 0.222. The van der Waals surface area contributed by atoms with Crippen LogP contribution in [0.15, 0.2) is 18.2 Å². The fourth-order valence-electron chi connectivity index (χ4n) is 1.20. The molecule has 0 unspecified atom stereocenters. The van der Waals surface area contributed by atoms with Crippen LogP contribution in [0, 0.1) is 0 Å². The number of ether oxygens (including phenoxy) is 2. The van der Waals surface area contributed by atoms with E-state index in [1.54, 1.807) is 12.1 Å². The largest absolute Gasteiger partial charge is 0.478 e. The van der Waals surface area contributed by atoms with E-state index in [9.17, 15) is 4.79 Å². The van der Waals surface area contributed by atoms with Crippen molar-refractivity contribution in [2.45, 2.75) is 6.61 Å². The number of carboxylic acid groups (broad SMARTS) is 1. The second-order valence-corrected chi connectivity index (χ2v) is 2.74. The number of carboxylic acids is 1. The molecule has 2 rings (SSSR count). The molecule has 1 aromatic rings. The average Bonchev–Trinajstić information content (AvgIpc) is 2.17. The van der Waals surface area contributed by atoms with Gasteiger partial charge < -0.3 is 14.6 Å². The third-order valence-electron chi connectivity index (χ3n) is 1.87. The van der Waals surface area contributed by atoms with Crippen molar-refractivity contribution in [2.24, 2.45) is 0 Å². The van der Waals surface area contributed by atoms with Gasteiger partial charge in [-0.05, 0) is 12.1 Å². The molecule has 4 nitrogen and oxygen atoms in total. The molecule has 1 N–H and O–H groups in total. The van der Waals surface area contributed by atoms with Crippen molar-refractivity contribution in [3.05, 3.63) is 29.3 Å².